The predicted octanol–water partition coefficient (Wildman–Crippen LogP) is 4.13. The van der Waals surface area contributed by atoms with Gasteiger partial charge in [-0.05, 0) is 91.7 Å². The lowest BCUT2D eigenvalue weighted by molar-refractivity contribution is -0.118. The number of hydrogen-bond acceptors (Lipinski definition) is 4. The van der Waals surface area contributed by atoms with Crippen LogP contribution < -0.4 is 9.62 Å². The second-order valence-electron chi connectivity index (χ2n) is 9.01. The minimum atomic E-state index is -3.85. The first kappa shape index (κ1) is 22.3. The van der Waals surface area contributed by atoms with E-state index in [-0.39, 0.29) is 10.8 Å². The molecule has 3 aromatic carbocycles. The van der Waals surface area contributed by atoms with Crippen molar-refractivity contribution in [3.05, 3.63) is 70.7 Å². The number of hydrogen-bond donors (Lipinski definition) is 1. The van der Waals surface area contributed by atoms with E-state index < -0.39 is 16.1 Å². The summed E-state index contributed by atoms with van der Waals surface area (Å²) >= 11 is 6.02. The predicted molar refractivity (Wildman–Crippen MR) is 131 cm³/mol. The molecule has 0 saturated carbocycles. The highest BCUT2D eigenvalue weighted by Gasteiger charge is 2.36. The smallest absolute Gasteiger partial charge is 0.245 e. The van der Waals surface area contributed by atoms with Gasteiger partial charge in [-0.15, -0.1) is 0 Å². The Kier molecular flexibility index (Phi) is 5.69. The number of carbonyl (C=O) groups excluding carboxylic acids is 1. The number of anilines is 1. The van der Waals surface area contributed by atoms with Crippen molar-refractivity contribution in [2.45, 2.75) is 36.2 Å². The molecule has 8 heteroatoms. The molecule has 6 nitrogen and oxygen atoms in total. The molecule has 33 heavy (non-hydrogen) atoms. The third kappa shape index (κ3) is 4.15. The molecule has 3 aromatic rings. The molecule has 2 atom stereocenters. The third-order valence-electron chi connectivity index (χ3n) is 6.69. The normalized spacial score (nSPS) is 20.7. The number of halogens is 1. The van der Waals surface area contributed by atoms with Gasteiger partial charge in [0.25, 0.3) is 0 Å². The van der Waals surface area contributed by atoms with E-state index in [1.54, 1.807) is 41.3 Å². The Morgan fingerprint density at radius 3 is 2.55 bits per heavy atom. The molecule has 2 aliphatic rings. The highest BCUT2D eigenvalue weighted by molar-refractivity contribution is 7.89. The Morgan fingerprint density at radius 1 is 1.00 bits per heavy atom. The molecular weight excluding hydrogens is 458 g/mol. The standard InChI is InChI=1S/C25H26ClN3O3S/c1-28(2)24-10-5-18-14-20(7-9-22(18)24)29-12-11-23(25(29)30)27-33(31,32)21-8-4-16-13-19(26)6-3-17(16)15-21/h3-4,6-9,13-15,23-24,27H,5,10-12H2,1-2H3/t23-,24-/m0/s1. The maximum Gasteiger partial charge on any atom is 0.245 e. The molecule has 0 aromatic heterocycles. The first-order valence-corrected chi connectivity index (χ1v) is 12.9. The first-order valence-electron chi connectivity index (χ1n) is 11.1. The van der Waals surface area contributed by atoms with Crippen molar-refractivity contribution in [2.75, 3.05) is 25.5 Å². The van der Waals surface area contributed by atoms with E-state index in [9.17, 15) is 13.2 Å². The average molecular weight is 484 g/mol. The first-order chi connectivity index (χ1) is 15.7. The SMILES string of the molecule is CN(C)[C@H]1CCc2cc(N3CC[C@H](NS(=O)(=O)c4ccc5cc(Cl)ccc5c4)C3=O)ccc21. The van der Waals surface area contributed by atoms with E-state index in [0.29, 0.717) is 24.0 Å². The lowest BCUT2D eigenvalue weighted by Gasteiger charge is -2.22. The molecule has 1 aliphatic heterocycles. The third-order valence-corrected chi connectivity index (χ3v) is 8.40. The fourth-order valence-electron chi connectivity index (χ4n) is 4.95. The van der Waals surface area contributed by atoms with Crippen LogP contribution in [0.2, 0.25) is 5.02 Å². The van der Waals surface area contributed by atoms with Gasteiger partial charge >= 0.3 is 0 Å². The molecule has 1 saturated heterocycles. The summed E-state index contributed by atoms with van der Waals surface area (Å²) in [6.45, 7) is 0.484. The van der Waals surface area contributed by atoms with E-state index in [4.69, 9.17) is 11.6 Å². The Labute approximate surface area is 199 Å². The molecule has 0 bridgehead atoms. The quantitative estimate of drug-likeness (QED) is 0.592. The number of sulfonamides is 1. The molecule has 1 aliphatic carbocycles. The van der Waals surface area contributed by atoms with Crippen molar-refractivity contribution in [3.8, 4) is 0 Å². The van der Waals surface area contributed by atoms with Crippen LogP contribution >= 0.6 is 11.6 Å². The van der Waals surface area contributed by atoms with Gasteiger partial charge in [0.1, 0.15) is 6.04 Å². The zero-order valence-electron chi connectivity index (χ0n) is 18.6. The van der Waals surface area contributed by atoms with Crippen LogP contribution in [0.15, 0.2) is 59.5 Å². The molecule has 1 amide bonds. The minimum Gasteiger partial charge on any atom is -0.311 e. The van der Waals surface area contributed by atoms with Gasteiger partial charge in [-0.2, -0.15) is 4.72 Å². The van der Waals surface area contributed by atoms with Crippen LogP contribution in [0.5, 0.6) is 0 Å². The van der Waals surface area contributed by atoms with Crippen molar-refractivity contribution >= 4 is 44.0 Å². The molecular formula is C25H26ClN3O3S. The summed E-state index contributed by atoms with van der Waals surface area (Å²) in [4.78, 5) is 17.2. The van der Waals surface area contributed by atoms with Gasteiger partial charge in [0.15, 0.2) is 0 Å². The molecule has 0 spiro atoms. The second kappa shape index (κ2) is 8.40. The van der Waals surface area contributed by atoms with Crippen molar-refractivity contribution in [3.63, 3.8) is 0 Å². The molecule has 1 fully saturated rings. The molecule has 0 radical (unpaired) electrons. The molecule has 0 unspecified atom stereocenters. The minimum absolute atomic E-state index is 0.135. The van der Waals surface area contributed by atoms with Gasteiger partial charge in [0.2, 0.25) is 15.9 Å². The number of fused-ring (bicyclic) bond motifs is 2. The zero-order valence-corrected chi connectivity index (χ0v) is 20.2. The van der Waals surface area contributed by atoms with Gasteiger partial charge in [-0.25, -0.2) is 8.42 Å². The van der Waals surface area contributed by atoms with Crippen molar-refractivity contribution in [2.24, 2.45) is 0 Å². The zero-order chi connectivity index (χ0) is 23.3. The Hall–Kier alpha value is -2.45. The summed E-state index contributed by atoms with van der Waals surface area (Å²) in [7, 11) is 0.319. The van der Waals surface area contributed by atoms with Gasteiger partial charge < -0.3 is 9.80 Å². The van der Waals surface area contributed by atoms with Crippen LogP contribution in [0.1, 0.15) is 30.0 Å². The maximum absolute atomic E-state index is 13.1. The van der Waals surface area contributed by atoms with E-state index in [0.717, 1.165) is 29.3 Å². The number of aryl methyl sites for hydroxylation is 1. The highest BCUT2D eigenvalue weighted by atomic mass is 35.5. The average Bonchev–Trinajstić information content (AvgIpc) is 3.36. The van der Waals surface area contributed by atoms with E-state index >= 15 is 0 Å². The largest absolute Gasteiger partial charge is 0.311 e. The highest BCUT2D eigenvalue weighted by Crippen LogP contribution is 2.37. The second-order valence-corrected chi connectivity index (χ2v) is 11.2. The molecule has 1 N–H and O–H groups in total. The van der Waals surface area contributed by atoms with Gasteiger partial charge in [-0.3, -0.25) is 4.79 Å². The summed E-state index contributed by atoms with van der Waals surface area (Å²) in [5, 5.41) is 2.23. The number of amides is 1. The van der Waals surface area contributed by atoms with E-state index in [1.807, 2.05) is 6.07 Å². The monoisotopic (exact) mass is 483 g/mol. The fourth-order valence-corrected chi connectivity index (χ4v) is 6.39. The van der Waals surface area contributed by atoms with Crippen LogP contribution in [-0.2, 0) is 21.2 Å². The lowest BCUT2D eigenvalue weighted by atomic mass is 10.1. The van der Waals surface area contributed by atoms with Crippen molar-refractivity contribution in [1.29, 1.82) is 0 Å². The Morgan fingerprint density at radius 2 is 1.76 bits per heavy atom. The van der Waals surface area contributed by atoms with Crippen LogP contribution in [0.4, 0.5) is 5.69 Å². The summed E-state index contributed by atoms with van der Waals surface area (Å²) in [5.74, 6) is -0.215. The number of rotatable bonds is 5. The Balaban J connectivity index is 1.34. The number of nitrogens with one attached hydrogen (secondary N) is 1. The van der Waals surface area contributed by atoms with Crippen LogP contribution in [-0.4, -0.2) is 45.9 Å². The summed E-state index contributed by atoms with van der Waals surface area (Å²) in [6.07, 6.45) is 2.48. The number of benzene rings is 3. The topological polar surface area (TPSA) is 69.7 Å². The van der Waals surface area contributed by atoms with Crippen LogP contribution in [0.3, 0.4) is 0 Å². The summed E-state index contributed by atoms with van der Waals surface area (Å²) < 4.78 is 28.7. The van der Waals surface area contributed by atoms with E-state index in [1.165, 1.54) is 11.1 Å². The summed E-state index contributed by atoms with van der Waals surface area (Å²) in [6, 6.07) is 16.0. The molecule has 5 rings (SSSR count). The summed E-state index contributed by atoms with van der Waals surface area (Å²) in [5.41, 5.74) is 3.41. The maximum atomic E-state index is 13.1. The van der Waals surface area contributed by atoms with Gasteiger partial charge in [0, 0.05) is 23.3 Å². The lowest BCUT2D eigenvalue weighted by Crippen LogP contribution is -2.41. The number of nitrogens with zero attached hydrogens (tertiary/aromatic N) is 2. The van der Waals surface area contributed by atoms with Crippen molar-refractivity contribution < 1.29 is 13.2 Å². The fraction of sp³-hybridized carbons (Fsp3) is 0.320. The van der Waals surface area contributed by atoms with Gasteiger partial charge in [-0.1, -0.05) is 29.8 Å². The van der Waals surface area contributed by atoms with Crippen molar-refractivity contribution in [1.82, 2.24) is 9.62 Å². The molecule has 1 heterocycles. The van der Waals surface area contributed by atoms with Crippen LogP contribution in [0.25, 0.3) is 10.8 Å². The van der Waals surface area contributed by atoms with Gasteiger partial charge in [0.05, 0.1) is 4.90 Å². The van der Waals surface area contributed by atoms with Crippen LogP contribution in [0, 0.1) is 0 Å². The molecule has 172 valence electrons. The number of carbonyl (C=O) groups is 1. The van der Waals surface area contributed by atoms with E-state index in [2.05, 4.69) is 35.9 Å². The Bertz CT molecular complexity index is 1360.